The predicted molar refractivity (Wildman–Crippen MR) is 38.9 cm³/mol. The molecule has 0 bridgehead atoms. The lowest BCUT2D eigenvalue weighted by Gasteiger charge is -1.99. The van der Waals surface area contributed by atoms with Crippen LogP contribution in [-0.2, 0) is 6.42 Å². The maximum absolute atomic E-state index is 12.8. The molecule has 0 unspecified atom stereocenters. The van der Waals surface area contributed by atoms with E-state index < -0.39 is 17.3 Å². The lowest BCUT2D eigenvalue weighted by molar-refractivity contribution is 0.111. The number of nitrogens with zero attached hydrogens (tertiary/aromatic N) is 1. The number of aromatic nitrogens is 1. The van der Waals surface area contributed by atoms with Crippen LogP contribution < -0.4 is 0 Å². The van der Waals surface area contributed by atoms with Gasteiger partial charge in [0.05, 0.1) is 0 Å². The molecule has 1 aromatic heterocycles. The zero-order valence-electron chi connectivity index (χ0n) is 6.47. The number of aldehydes is 1. The van der Waals surface area contributed by atoms with Gasteiger partial charge in [0, 0.05) is 5.69 Å². The van der Waals surface area contributed by atoms with Crippen molar-refractivity contribution in [3.8, 4) is 0 Å². The summed E-state index contributed by atoms with van der Waals surface area (Å²) in [5, 5.41) is 0. The van der Waals surface area contributed by atoms with Gasteiger partial charge in [0.25, 0.3) is 0 Å². The van der Waals surface area contributed by atoms with Crippen molar-refractivity contribution < 1.29 is 13.6 Å². The zero-order valence-corrected chi connectivity index (χ0v) is 6.47. The van der Waals surface area contributed by atoms with Crippen LogP contribution in [0.4, 0.5) is 8.78 Å². The maximum atomic E-state index is 12.8. The molecular weight excluding hydrogens is 164 g/mol. The average Bonchev–Trinajstić information content (AvgIpc) is 2.03. The number of aryl methyl sites for hydroxylation is 1. The first-order valence-electron chi connectivity index (χ1n) is 3.49. The number of rotatable bonds is 2. The Labute approximate surface area is 68.2 Å². The van der Waals surface area contributed by atoms with Crippen LogP contribution in [0.15, 0.2) is 6.07 Å². The Morgan fingerprint density at radius 1 is 1.58 bits per heavy atom. The summed E-state index contributed by atoms with van der Waals surface area (Å²) in [7, 11) is 0. The third-order valence-corrected chi connectivity index (χ3v) is 1.49. The van der Waals surface area contributed by atoms with E-state index in [0.717, 1.165) is 6.07 Å². The number of hydrogen-bond acceptors (Lipinski definition) is 2. The van der Waals surface area contributed by atoms with Gasteiger partial charge in [0.15, 0.2) is 6.29 Å². The number of carbonyl (C=O) groups excluding carboxylic acids is 1. The standard InChI is InChI=1S/C8H7F2NO/c1-2-5-3-7(9)6(4-12)8(10)11-5/h3-4H,2H2,1H3. The fourth-order valence-electron chi connectivity index (χ4n) is 0.827. The number of halogens is 2. The quantitative estimate of drug-likeness (QED) is 0.501. The third-order valence-electron chi connectivity index (χ3n) is 1.49. The summed E-state index contributed by atoms with van der Waals surface area (Å²) >= 11 is 0. The molecule has 0 aliphatic rings. The van der Waals surface area contributed by atoms with E-state index in [1.807, 2.05) is 0 Å². The topological polar surface area (TPSA) is 30.0 Å². The largest absolute Gasteiger partial charge is 0.298 e. The fraction of sp³-hybridized carbons (Fsp3) is 0.250. The highest BCUT2D eigenvalue weighted by Crippen LogP contribution is 2.09. The van der Waals surface area contributed by atoms with E-state index in [0.29, 0.717) is 12.1 Å². The molecule has 0 saturated carbocycles. The number of carbonyl (C=O) groups is 1. The van der Waals surface area contributed by atoms with Crippen molar-refractivity contribution >= 4 is 6.29 Å². The minimum absolute atomic E-state index is 0.122. The van der Waals surface area contributed by atoms with Gasteiger partial charge in [-0.3, -0.25) is 4.79 Å². The SMILES string of the molecule is CCc1cc(F)c(C=O)c(F)n1. The lowest BCUT2D eigenvalue weighted by atomic mass is 10.2. The highest BCUT2D eigenvalue weighted by Gasteiger charge is 2.10. The molecule has 0 aliphatic carbocycles. The zero-order chi connectivity index (χ0) is 9.14. The second kappa shape index (κ2) is 3.38. The summed E-state index contributed by atoms with van der Waals surface area (Å²) in [5.74, 6) is -1.89. The number of hydrogen-bond donors (Lipinski definition) is 0. The van der Waals surface area contributed by atoms with Crippen LogP contribution >= 0.6 is 0 Å². The first-order chi connectivity index (χ1) is 5.69. The van der Waals surface area contributed by atoms with Crippen LogP contribution in [0.2, 0.25) is 0 Å². The second-order valence-corrected chi connectivity index (χ2v) is 2.27. The van der Waals surface area contributed by atoms with Crippen LogP contribution in [0.1, 0.15) is 23.0 Å². The molecular formula is C8H7F2NO. The normalized spacial score (nSPS) is 9.92. The van der Waals surface area contributed by atoms with Crippen LogP contribution in [0.3, 0.4) is 0 Å². The molecule has 0 fully saturated rings. The summed E-state index contributed by atoms with van der Waals surface area (Å²) < 4.78 is 25.5. The smallest absolute Gasteiger partial charge is 0.226 e. The van der Waals surface area contributed by atoms with Gasteiger partial charge in [-0.1, -0.05) is 6.92 Å². The molecule has 2 nitrogen and oxygen atoms in total. The Balaban J connectivity index is 3.27. The van der Waals surface area contributed by atoms with Crippen LogP contribution in [0.25, 0.3) is 0 Å². The average molecular weight is 171 g/mol. The third kappa shape index (κ3) is 1.47. The minimum atomic E-state index is -1.04. The van der Waals surface area contributed by atoms with Gasteiger partial charge in [0.1, 0.15) is 11.4 Å². The van der Waals surface area contributed by atoms with Gasteiger partial charge in [-0.05, 0) is 12.5 Å². The molecule has 64 valence electrons. The number of pyridine rings is 1. The molecule has 0 saturated heterocycles. The van der Waals surface area contributed by atoms with E-state index in [2.05, 4.69) is 4.98 Å². The lowest BCUT2D eigenvalue weighted by Crippen LogP contribution is -2.00. The summed E-state index contributed by atoms with van der Waals surface area (Å²) in [5.41, 5.74) is -0.303. The van der Waals surface area contributed by atoms with E-state index in [1.165, 1.54) is 0 Å². The Kier molecular flexibility index (Phi) is 2.47. The van der Waals surface area contributed by atoms with Gasteiger partial charge in [0.2, 0.25) is 5.95 Å². The van der Waals surface area contributed by atoms with E-state index >= 15 is 0 Å². The molecule has 0 amide bonds. The Morgan fingerprint density at radius 3 is 2.67 bits per heavy atom. The Morgan fingerprint density at radius 2 is 2.25 bits per heavy atom. The van der Waals surface area contributed by atoms with E-state index in [-0.39, 0.29) is 6.29 Å². The van der Waals surface area contributed by atoms with Gasteiger partial charge in [-0.2, -0.15) is 4.39 Å². The Hall–Kier alpha value is -1.32. The van der Waals surface area contributed by atoms with Crippen LogP contribution in [0, 0.1) is 11.8 Å². The van der Waals surface area contributed by atoms with E-state index in [1.54, 1.807) is 6.92 Å². The van der Waals surface area contributed by atoms with Gasteiger partial charge >= 0.3 is 0 Å². The molecule has 0 atom stereocenters. The van der Waals surface area contributed by atoms with Crippen molar-refractivity contribution in [3.63, 3.8) is 0 Å². The maximum Gasteiger partial charge on any atom is 0.226 e. The molecule has 0 spiro atoms. The molecule has 4 heteroatoms. The highest BCUT2D eigenvalue weighted by atomic mass is 19.1. The monoisotopic (exact) mass is 171 g/mol. The van der Waals surface area contributed by atoms with Gasteiger partial charge in [-0.15, -0.1) is 0 Å². The van der Waals surface area contributed by atoms with Crippen molar-refractivity contribution in [2.24, 2.45) is 0 Å². The summed E-state index contributed by atoms with van der Waals surface area (Å²) in [4.78, 5) is 13.5. The molecule has 0 N–H and O–H groups in total. The predicted octanol–water partition coefficient (Wildman–Crippen LogP) is 1.73. The minimum Gasteiger partial charge on any atom is -0.298 e. The molecule has 12 heavy (non-hydrogen) atoms. The molecule has 1 rings (SSSR count). The summed E-state index contributed by atoms with van der Waals surface area (Å²) in [6.07, 6.45) is 0.560. The first-order valence-corrected chi connectivity index (χ1v) is 3.49. The molecule has 0 aliphatic heterocycles. The molecule has 1 aromatic rings. The second-order valence-electron chi connectivity index (χ2n) is 2.27. The van der Waals surface area contributed by atoms with Crippen molar-refractivity contribution in [1.82, 2.24) is 4.98 Å². The molecule has 0 aromatic carbocycles. The Bertz CT molecular complexity index is 289. The van der Waals surface area contributed by atoms with Crippen LogP contribution in [-0.4, -0.2) is 11.3 Å². The first kappa shape index (κ1) is 8.77. The van der Waals surface area contributed by atoms with Crippen LogP contribution in [0.5, 0.6) is 0 Å². The fourth-order valence-corrected chi connectivity index (χ4v) is 0.827. The van der Waals surface area contributed by atoms with Crippen molar-refractivity contribution in [1.29, 1.82) is 0 Å². The van der Waals surface area contributed by atoms with E-state index in [9.17, 15) is 13.6 Å². The summed E-state index contributed by atoms with van der Waals surface area (Å²) in [6.45, 7) is 1.72. The van der Waals surface area contributed by atoms with Crippen molar-refractivity contribution in [2.75, 3.05) is 0 Å². The summed E-state index contributed by atoms with van der Waals surface area (Å²) in [6, 6.07) is 1.06. The van der Waals surface area contributed by atoms with Crippen molar-refractivity contribution in [2.45, 2.75) is 13.3 Å². The highest BCUT2D eigenvalue weighted by molar-refractivity contribution is 5.74. The van der Waals surface area contributed by atoms with E-state index in [4.69, 9.17) is 0 Å². The molecule has 0 radical (unpaired) electrons. The van der Waals surface area contributed by atoms with Gasteiger partial charge < -0.3 is 0 Å². The van der Waals surface area contributed by atoms with Gasteiger partial charge in [-0.25, -0.2) is 9.37 Å². The van der Waals surface area contributed by atoms with Crippen molar-refractivity contribution in [3.05, 3.63) is 29.1 Å². The molecule has 1 heterocycles.